The average Bonchev–Trinajstić information content (AvgIpc) is 3.21. The summed E-state index contributed by atoms with van der Waals surface area (Å²) < 4.78 is 10.9. The zero-order valence-corrected chi connectivity index (χ0v) is 17.3. The smallest absolute Gasteiger partial charge is 0.288 e. The number of nitriles is 1. The minimum atomic E-state index is -0.633. The van der Waals surface area contributed by atoms with Crippen molar-refractivity contribution in [2.24, 2.45) is 0 Å². The van der Waals surface area contributed by atoms with Gasteiger partial charge in [0, 0.05) is 17.7 Å². The highest BCUT2D eigenvalue weighted by molar-refractivity contribution is 6.32. The van der Waals surface area contributed by atoms with Crippen molar-refractivity contribution in [3.05, 3.63) is 80.6 Å². The number of nitro groups is 1. The summed E-state index contributed by atoms with van der Waals surface area (Å²) in [5.74, 6) is 0.381. The van der Waals surface area contributed by atoms with Crippen LogP contribution in [0.3, 0.4) is 0 Å². The number of amides is 1. The second kappa shape index (κ2) is 9.15. The van der Waals surface area contributed by atoms with Gasteiger partial charge in [-0.05, 0) is 48.9 Å². The molecule has 2 aromatic carbocycles. The van der Waals surface area contributed by atoms with Gasteiger partial charge in [-0.1, -0.05) is 17.7 Å². The van der Waals surface area contributed by atoms with E-state index in [9.17, 15) is 20.2 Å². The fourth-order valence-electron chi connectivity index (χ4n) is 2.79. The molecule has 0 aliphatic carbocycles. The first-order chi connectivity index (χ1) is 14.8. The number of ether oxygens (including phenoxy) is 1. The summed E-state index contributed by atoms with van der Waals surface area (Å²) in [6, 6.07) is 14.5. The van der Waals surface area contributed by atoms with E-state index in [0.717, 1.165) is 5.56 Å². The van der Waals surface area contributed by atoms with Gasteiger partial charge in [0.25, 0.3) is 11.6 Å². The number of hydrogen-bond acceptors (Lipinski definition) is 6. The molecule has 0 bridgehead atoms. The number of aryl methyl sites for hydroxylation is 1. The van der Waals surface area contributed by atoms with Crippen molar-refractivity contribution >= 4 is 35.0 Å². The van der Waals surface area contributed by atoms with Crippen LogP contribution in [-0.2, 0) is 4.79 Å². The van der Waals surface area contributed by atoms with E-state index in [-0.39, 0.29) is 22.0 Å². The Morgan fingerprint density at radius 2 is 2.03 bits per heavy atom. The maximum Gasteiger partial charge on any atom is 0.288 e. The monoisotopic (exact) mass is 437 g/mol. The SMILES string of the molecule is COc1ccc(C)cc1NC(=O)/C(C#N)=C/c1ccc(-c2ccc(Cl)c([N+](=O)[O-])c2)o1. The van der Waals surface area contributed by atoms with Crippen LogP contribution in [0.15, 0.2) is 58.5 Å². The number of nitrogens with one attached hydrogen (secondary N) is 1. The van der Waals surface area contributed by atoms with Crippen LogP contribution in [0.25, 0.3) is 17.4 Å². The second-order valence-corrected chi connectivity index (χ2v) is 6.86. The molecule has 0 saturated heterocycles. The molecule has 1 heterocycles. The summed E-state index contributed by atoms with van der Waals surface area (Å²) in [4.78, 5) is 23.1. The van der Waals surface area contributed by atoms with Crippen LogP contribution in [0.4, 0.5) is 11.4 Å². The number of furan rings is 1. The predicted octanol–water partition coefficient (Wildman–Crippen LogP) is 5.37. The van der Waals surface area contributed by atoms with Crippen molar-refractivity contribution in [1.29, 1.82) is 5.26 Å². The molecule has 0 atom stereocenters. The van der Waals surface area contributed by atoms with Gasteiger partial charge in [0.2, 0.25) is 0 Å². The maximum atomic E-state index is 12.6. The van der Waals surface area contributed by atoms with E-state index in [2.05, 4.69) is 5.32 Å². The first-order valence-electron chi connectivity index (χ1n) is 8.94. The Morgan fingerprint density at radius 1 is 1.26 bits per heavy atom. The van der Waals surface area contributed by atoms with E-state index in [4.69, 9.17) is 20.8 Å². The molecule has 0 aliphatic heterocycles. The van der Waals surface area contributed by atoms with Gasteiger partial charge < -0.3 is 14.5 Å². The van der Waals surface area contributed by atoms with E-state index in [0.29, 0.717) is 22.8 Å². The number of methoxy groups -OCH3 is 1. The van der Waals surface area contributed by atoms with Crippen molar-refractivity contribution in [3.8, 4) is 23.1 Å². The number of carbonyl (C=O) groups excluding carboxylic acids is 1. The lowest BCUT2D eigenvalue weighted by atomic mass is 10.1. The van der Waals surface area contributed by atoms with Crippen LogP contribution in [0.5, 0.6) is 5.75 Å². The summed E-state index contributed by atoms with van der Waals surface area (Å²) in [6.45, 7) is 1.86. The molecule has 31 heavy (non-hydrogen) atoms. The number of anilines is 1. The largest absolute Gasteiger partial charge is 0.495 e. The molecule has 1 N–H and O–H groups in total. The molecular weight excluding hydrogens is 422 g/mol. The van der Waals surface area contributed by atoms with Gasteiger partial charge in [-0.3, -0.25) is 14.9 Å². The second-order valence-electron chi connectivity index (χ2n) is 6.45. The van der Waals surface area contributed by atoms with Gasteiger partial charge in [-0.15, -0.1) is 0 Å². The van der Waals surface area contributed by atoms with Crippen molar-refractivity contribution in [2.75, 3.05) is 12.4 Å². The fraction of sp³-hybridized carbons (Fsp3) is 0.0909. The van der Waals surface area contributed by atoms with Gasteiger partial charge in [-0.2, -0.15) is 5.26 Å². The Balaban J connectivity index is 1.86. The van der Waals surface area contributed by atoms with E-state index < -0.39 is 10.8 Å². The van der Waals surface area contributed by atoms with E-state index in [1.807, 2.05) is 19.1 Å². The minimum absolute atomic E-state index is 0.00967. The van der Waals surface area contributed by atoms with Crippen LogP contribution in [0.1, 0.15) is 11.3 Å². The zero-order valence-electron chi connectivity index (χ0n) is 16.5. The standard InChI is InChI=1S/C22H16ClN3O5/c1-13-3-7-21(30-2)18(9-13)25-22(27)15(12-24)10-16-5-8-20(31-16)14-4-6-17(23)19(11-14)26(28)29/h3-11H,1-2H3,(H,25,27)/b15-10+. The minimum Gasteiger partial charge on any atom is -0.495 e. The molecule has 0 saturated carbocycles. The topological polar surface area (TPSA) is 118 Å². The number of hydrogen-bond donors (Lipinski definition) is 1. The number of nitro benzene ring substituents is 1. The molecule has 0 spiro atoms. The highest BCUT2D eigenvalue weighted by Gasteiger charge is 2.16. The van der Waals surface area contributed by atoms with Gasteiger partial charge >= 0.3 is 0 Å². The normalized spacial score (nSPS) is 11.0. The third kappa shape index (κ3) is 4.91. The Kier molecular flexibility index (Phi) is 6.38. The lowest BCUT2D eigenvalue weighted by Gasteiger charge is -2.10. The first kappa shape index (κ1) is 21.6. The highest BCUT2D eigenvalue weighted by atomic mass is 35.5. The van der Waals surface area contributed by atoms with E-state index in [1.165, 1.54) is 25.3 Å². The van der Waals surface area contributed by atoms with Crippen molar-refractivity contribution < 1.29 is 18.9 Å². The molecule has 1 amide bonds. The first-order valence-corrected chi connectivity index (χ1v) is 9.32. The third-order valence-electron chi connectivity index (χ3n) is 4.31. The maximum absolute atomic E-state index is 12.6. The lowest BCUT2D eigenvalue weighted by Crippen LogP contribution is -2.14. The van der Waals surface area contributed by atoms with Gasteiger partial charge in [0.05, 0.1) is 17.7 Å². The molecule has 0 radical (unpaired) electrons. The summed E-state index contributed by atoms with van der Waals surface area (Å²) in [6.07, 6.45) is 1.28. The number of nitrogens with zero attached hydrogens (tertiary/aromatic N) is 2. The molecule has 1 aromatic heterocycles. The van der Waals surface area contributed by atoms with Crippen LogP contribution in [0, 0.1) is 28.4 Å². The van der Waals surface area contributed by atoms with Crippen molar-refractivity contribution in [2.45, 2.75) is 6.92 Å². The van der Waals surface area contributed by atoms with Crippen LogP contribution < -0.4 is 10.1 Å². The fourth-order valence-corrected chi connectivity index (χ4v) is 2.98. The van der Waals surface area contributed by atoms with Gasteiger partial charge in [0.1, 0.15) is 33.9 Å². The Hall–Kier alpha value is -4.09. The number of rotatable bonds is 6. The zero-order chi connectivity index (χ0) is 22.5. The summed E-state index contributed by atoms with van der Waals surface area (Å²) >= 11 is 5.83. The third-order valence-corrected chi connectivity index (χ3v) is 4.63. The molecule has 8 nitrogen and oxygen atoms in total. The van der Waals surface area contributed by atoms with Crippen molar-refractivity contribution in [3.63, 3.8) is 0 Å². The quantitative estimate of drug-likeness (QED) is 0.239. The number of benzene rings is 2. The average molecular weight is 438 g/mol. The molecule has 3 rings (SSSR count). The molecule has 0 unspecified atom stereocenters. The lowest BCUT2D eigenvalue weighted by molar-refractivity contribution is -0.384. The van der Waals surface area contributed by atoms with Crippen LogP contribution >= 0.6 is 11.6 Å². The van der Waals surface area contributed by atoms with Crippen LogP contribution in [0.2, 0.25) is 5.02 Å². The molecule has 9 heteroatoms. The van der Waals surface area contributed by atoms with Crippen molar-refractivity contribution in [1.82, 2.24) is 0 Å². The summed E-state index contributed by atoms with van der Waals surface area (Å²) in [5, 5.41) is 23.2. The number of carbonyl (C=O) groups is 1. The highest BCUT2D eigenvalue weighted by Crippen LogP contribution is 2.32. The molecule has 0 fully saturated rings. The van der Waals surface area contributed by atoms with E-state index in [1.54, 1.807) is 30.3 Å². The molecule has 0 aliphatic rings. The summed E-state index contributed by atoms with van der Waals surface area (Å²) in [7, 11) is 1.48. The Bertz CT molecular complexity index is 1240. The summed E-state index contributed by atoms with van der Waals surface area (Å²) in [5.41, 5.74) is 1.33. The van der Waals surface area contributed by atoms with Crippen LogP contribution in [-0.4, -0.2) is 17.9 Å². The Morgan fingerprint density at radius 3 is 2.71 bits per heavy atom. The predicted molar refractivity (Wildman–Crippen MR) is 116 cm³/mol. The molecule has 156 valence electrons. The van der Waals surface area contributed by atoms with Gasteiger partial charge in [0.15, 0.2) is 0 Å². The molecule has 3 aromatic rings. The Labute approximate surface area is 182 Å². The van der Waals surface area contributed by atoms with Gasteiger partial charge in [-0.25, -0.2) is 0 Å². The van der Waals surface area contributed by atoms with E-state index >= 15 is 0 Å². The number of halogens is 1. The molecular formula is C22H16ClN3O5.